The Balaban J connectivity index is 1.59. The van der Waals surface area contributed by atoms with Crippen LogP contribution in [0, 0.1) is 5.82 Å². The molecule has 34 heavy (non-hydrogen) atoms. The number of benzene rings is 3. The minimum atomic E-state index is -4.80. The van der Waals surface area contributed by atoms with E-state index >= 15 is 0 Å². The van der Waals surface area contributed by atoms with Gasteiger partial charge in [0.15, 0.2) is 0 Å². The number of carbonyl (C=O) groups is 1. The van der Waals surface area contributed by atoms with Gasteiger partial charge < -0.3 is 15.7 Å². The number of alkyl halides is 3. The molecule has 0 bridgehead atoms. The van der Waals surface area contributed by atoms with Crippen LogP contribution in [0.4, 0.5) is 28.9 Å². The molecule has 0 radical (unpaired) electrons. The van der Waals surface area contributed by atoms with Gasteiger partial charge in [-0.05, 0) is 71.8 Å². The molecule has 0 heterocycles. The molecule has 0 saturated carbocycles. The molecule has 0 fully saturated rings. The third-order valence-corrected chi connectivity index (χ3v) is 5.82. The Morgan fingerprint density at radius 1 is 1.03 bits per heavy atom. The van der Waals surface area contributed by atoms with Crippen LogP contribution in [0.15, 0.2) is 76.2 Å². The number of aliphatic imine (C=N–C) groups is 1. The molecule has 10 heteroatoms. The van der Waals surface area contributed by atoms with Gasteiger partial charge in [-0.25, -0.2) is 9.38 Å². The maximum atomic E-state index is 13.6. The van der Waals surface area contributed by atoms with Crippen LogP contribution in [-0.2, 0) is 6.42 Å². The molecular formula is C24H18BrF4N3O2. The summed E-state index contributed by atoms with van der Waals surface area (Å²) in [5.74, 6) is -2.29. The van der Waals surface area contributed by atoms with E-state index in [9.17, 15) is 27.5 Å². The molecule has 0 spiro atoms. The molecule has 2 atom stereocenters. The zero-order chi connectivity index (χ0) is 24.5. The summed E-state index contributed by atoms with van der Waals surface area (Å²) in [5, 5.41) is 15.5. The summed E-state index contributed by atoms with van der Waals surface area (Å²) in [5.41, 5.74) is 1.60. The number of rotatable bonds is 4. The number of amides is 1. The topological polar surface area (TPSA) is 73.7 Å². The summed E-state index contributed by atoms with van der Waals surface area (Å²) < 4.78 is 54.7. The standard InChI is InChI=1S/C24H18BrF4N3O2/c25-15-4-1-13(2-5-15)22(34)32-21-19-12-18(8-3-14(19)11-20(21)33)31-23(24(27,28)29)30-17-9-6-16(26)7-10-17/h1-10,12,20-21,33H,11H2,(H,30,31)(H,32,34)/t20-,21-/m1/s1. The maximum absolute atomic E-state index is 13.6. The fourth-order valence-electron chi connectivity index (χ4n) is 3.64. The number of nitrogens with zero attached hydrogens (tertiary/aromatic N) is 1. The molecule has 3 aromatic rings. The minimum Gasteiger partial charge on any atom is -0.390 e. The van der Waals surface area contributed by atoms with Crippen molar-refractivity contribution in [2.75, 3.05) is 5.32 Å². The third-order valence-electron chi connectivity index (χ3n) is 5.29. The van der Waals surface area contributed by atoms with Crippen LogP contribution in [-0.4, -0.2) is 29.1 Å². The van der Waals surface area contributed by atoms with E-state index in [1.54, 1.807) is 30.3 Å². The molecule has 1 aliphatic rings. The predicted octanol–water partition coefficient (Wildman–Crippen LogP) is 5.68. The smallest absolute Gasteiger partial charge is 0.390 e. The molecule has 0 saturated heterocycles. The average Bonchev–Trinajstić information content (AvgIpc) is 3.09. The number of nitrogens with one attached hydrogen (secondary N) is 2. The Bertz CT molecular complexity index is 1230. The second kappa shape index (κ2) is 9.55. The Labute approximate surface area is 200 Å². The number of aliphatic hydroxyl groups is 1. The van der Waals surface area contributed by atoms with E-state index in [1.165, 1.54) is 12.1 Å². The highest BCUT2D eigenvalue weighted by Crippen LogP contribution is 2.34. The van der Waals surface area contributed by atoms with Crippen molar-refractivity contribution in [3.63, 3.8) is 0 Å². The van der Waals surface area contributed by atoms with Crippen molar-refractivity contribution >= 4 is 39.0 Å². The highest BCUT2D eigenvalue weighted by Gasteiger charge is 2.37. The Kier molecular flexibility index (Phi) is 6.72. The molecule has 4 rings (SSSR count). The van der Waals surface area contributed by atoms with Crippen molar-refractivity contribution in [2.24, 2.45) is 4.99 Å². The molecule has 0 aliphatic heterocycles. The van der Waals surface area contributed by atoms with Crippen molar-refractivity contribution in [1.29, 1.82) is 0 Å². The first-order valence-electron chi connectivity index (χ1n) is 10.2. The monoisotopic (exact) mass is 535 g/mol. The van der Waals surface area contributed by atoms with Gasteiger partial charge in [0.2, 0.25) is 5.84 Å². The van der Waals surface area contributed by atoms with Crippen LogP contribution in [0.25, 0.3) is 0 Å². The molecule has 1 aliphatic carbocycles. The van der Waals surface area contributed by atoms with E-state index in [0.29, 0.717) is 16.7 Å². The first kappa shape index (κ1) is 23.9. The maximum Gasteiger partial charge on any atom is 0.449 e. The number of hydrogen-bond donors (Lipinski definition) is 3. The molecular weight excluding hydrogens is 518 g/mol. The normalized spacial score (nSPS) is 17.9. The first-order chi connectivity index (χ1) is 16.1. The zero-order valence-electron chi connectivity index (χ0n) is 17.4. The Morgan fingerprint density at radius 2 is 1.71 bits per heavy atom. The lowest BCUT2D eigenvalue weighted by atomic mass is 10.1. The van der Waals surface area contributed by atoms with Crippen LogP contribution in [0.1, 0.15) is 27.5 Å². The van der Waals surface area contributed by atoms with Gasteiger partial charge in [-0.3, -0.25) is 4.79 Å². The van der Waals surface area contributed by atoms with Crippen LogP contribution < -0.4 is 10.6 Å². The van der Waals surface area contributed by atoms with Crippen molar-refractivity contribution in [2.45, 2.75) is 24.7 Å². The van der Waals surface area contributed by atoms with Gasteiger partial charge in [0.1, 0.15) is 5.82 Å². The molecule has 5 nitrogen and oxygen atoms in total. The number of halogens is 5. The molecule has 3 aromatic carbocycles. The number of fused-ring (bicyclic) bond motifs is 1. The summed E-state index contributed by atoms with van der Waals surface area (Å²) >= 11 is 3.29. The third kappa shape index (κ3) is 5.45. The van der Waals surface area contributed by atoms with E-state index in [1.807, 2.05) is 0 Å². The van der Waals surface area contributed by atoms with Crippen molar-refractivity contribution in [3.8, 4) is 0 Å². The highest BCUT2D eigenvalue weighted by atomic mass is 79.9. The number of aliphatic hydroxyl groups excluding tert-OH is 1. The molecule has 0 unspecified atom stereocenters. The van der Waals surface area contributed by atoms with E-state index < -0.39 is 35.9 Å². The quantitative estimate of drug-likeness (QED) is 0.228. The largest absolute Gasteiger partial charge is 0.449 e. The van der Waals surface area contributed by atoms with Crippen LogP contribution in [0.2, 0.25) is 0 Å². The predicted molar refractivity (Wildman–Crippen MR) is 124 cm³/mol. The van der Waals surface area contributed by atoms with Crippen molar-refractivity contribution < 1.29 is 27.5 Å². The number of hydrogen-bond acceptors (Lipinski definition) is 3. The lowest BCUT2D eigenvalue weighted by Gasteiger charge is -2.19. The Morgan fingerprint density at radius 3 is 2.35 bits per heavy atom. The van der Waals surface area contributed by atoms with Gasteiger partial charge in [0, 0.05) is 22.1 Å². The summed E-state index contributed by atoms with van der Waals surface area (Å²) in [6.07, 6.45) is -5.49. The van der Waals surface area contributed by atoms with Crippen LogP contribution in [0.3, 0.4) is 0 Å². The number of anilines is 1. The lowest BCUT2D eigenvalue weighted by molar-refractivity contribution is -0.0586. The SMILES string of the molecule is O=C(N[C@@H]1c2cc(NC(=Nc3ccc(F)cc3)C(F)(F)F)ccc2C[C@H]1O)c1ccc(Br)cc1. The van der Waals surface area contributed by atoms with E-state index in [4.69, 9.17) is 0 Å². The number of amidine groups is 1. The van der Waals surface area contributed by atoms with E-state index in [2.05, 4.69) is 31.6 Å². The van der Waals surface area contributed by atoms with E-state index in [-0.39, 0.29) is 17.8 Å². The molecule has 0 aromatic heterocycles. The second-order valence-corrected chi connectivity index (χ2v) is 8.62. The summed E-state index contributed by atoms with van der Waals surface area (Å²) in [6.45, 7) is 0. The average molecular weight is 536 g/mol. The van der Waals surface area contributed by atoms with Gasteiger partial charge >= 0.3 is 6.18 Å². The fraction of sp³-hybridized carbons (Fsp3) is 0.167. The first-order valence-corrected chi connectivity index (χ1v) is 11.0. The van der Waals surface area contributed by atoms with E-state index in [0.717, 1.165) is 28.7 Å². The van der Waals surface area contributed by atoms with Gasteiger partial charge in [-0.1, -0.05) is 22.0 Å². The molecule has 3 N–H and O–H groups in total. The highest BCUT2D eigenvalue weighted by molar-refractivity contribution is 9.10. The van der Waals surface area contributed by atoms with Crippen molar-refractivity contribution in [1.82, 2.24) is 5.32 Å². The van der Waals surface area contributed by atoms with Gasteiger partial charge in [-0.15, -0.1) is 0 Å². The molecule has 176 valence electrons. The van der Waals surface area contributed by atoms with Gasteiger partial charge in [0.25, 0.3) is 5.91 Å². The fourth-order valence-corrected chi connectivity index (χ4v) is 3.91. The minimum absolute atomic E-state index is 0.0718. The molecule has 1 amide bonds. The summed E-state index contributed by atoms with van der Waals surface area (Å²) in [6, 6.07) is 14.6. The van der Waals surface area contributed by atoms with Gasteiger partial charge in [-0.2, -0.15) is 13.2 Å². The summed E-state index contributed by atoms with van der Waals surface area (Å²) in [7, 11) is 0. The van der Waals surface area contributed by atoms with Crippen LogP contribution in [0.5, 0.6) is 0 Å². The summed E-state index contributed by atoms with van der Waals surface area (Å²) in [4.78, 5) is 16.2. The lowest BCUT2D eigenvalue weighted by Crippen LogP contribution is -2.34. The van der Waals surface area contributed by atoms with Crippen molar-refractivity contribution in [3.05, 3.63) is 93.7 Å². The second-order valence-electron chi connectivity index (χ2n) is 7.70. The van der Waals surface area contributed by atoms with Crippen LogP contribution >= 0.6 is 15.9 Å². The zero-order valence-corrected chi connectivity index (χ0v) is 19.0. The number of carbonyl (C=O) groups excluding carboxylic acids is 1. The van der Waals surface area contributed by atoms with Gasteiger partial charge in [0.05, 0.1) is 17.8 Å². The Hall–Kier alpha value is -3.24.